The number of nitrogens with one attached hydrogen (secondary N) is 2. The van der Waals surface area contributed by atoms with Gasteiger partial charge in [0.25, 0.3) is 0 Å². The number of aryl methyl sites for hydroxylation is 1. The van der Waals surface area contributed by atoms with Gasteiger partial charge in [0.15, 0.2) is 18.2 Å². The van der Waals surface area contributed by atoms with E-state index in [0.717, 1.165) is 24.2 Å². The van der Waals surface area contributed by atoms with Gasteiger partial charge < -0.3 is 24.8 Å². The normalized spacial score (nSPS) is 10.2. The molecule has 0 aliphatic heterocycles. The van der Waals surface area contributed by atoms with Crippen LogP contribution in [0.2, 0.25) is 0 Å². The number of rotatable bonds is 10. The summed E-state index contributed by atoms with van der Waals surface area (Å²) in [5.74, 6) is 2.10. The second-order valence-electron chi connectivity index (χ2n) is 6.05. The highest BCUT2D eigenvalue weighted by Crippen LogP contribution is 2.27. The van der Waals surface area contributed by atoms with E-state index in [1.54, 1.807) is 14.2 Å². The highest BCUT2D eigenvalue weighted by molar-refractivity contribution is 5.73. The van der Waals surface area contributed by atoms with Crippen molar-refractivity contribution in [3.05, 3.63) is 53.6 Å². The second-order valence-corrected chi connectivity index (χ2v) is 6.05. The molecule has 0 atom stereocenters. The van der Waals surface area contributed by atoms with E-state index >= 15 is 0 Å². The van der Waals surface area contributed by atoms with E-state index in [0.29, 0.717) is 24.5 Å². The summed E-state index contributed by atoms with van der Waals surface area (Å²) < 4.78 is 16.0. The smallest absolute Gasteiger partial charge is 0.317 e. The molecule has 0 unspecified atom stereocenters. The molecule has 0 spiro atoms. The van der Waals surface area contributed by atoms with Gasteiger partial charge in [-0.05, 0) is 48.2 Å². The Morgan fingerprint density at radius 3 is 2.26 bits per heavy atom. The Kier molecular flexibility index (Phi) is 8.29. The topological polar surface area (TPSA) is 68.8 Å². The predicted octanol–water partition coefficient (Wildman–Crippen LogP) is 3.53. The van der Waals surface area contributed by atoms with Crippen molar-refractivity contribution in [3.63, 3.8) is 0 Å². The molecule has 2 amide bonds. The number of carbonyl (C=O) groups is 1. The monoisotopic (exact) mass is 372 g/mol. The molecule has 6 heteroatoms. The van der Waals surface area contributed by atoms with Gasteiger partial charge in [0.05, 0.1) is 14.2 Å². The lowest BCUT2D eigenvalue weighted by atomic mass is 10.1. The van der Waals surface area contributed by atoms with Gasteiger partial charge in [0.2, 0.25) is 0 Å². The molecule has 0 bridgehead atoms. The van der Waals surface area contributed by atoms with E-state index in [2.05, 4.69) is 17.6 Å². The lowest BCUT2D eigenvalue weighted by molar-refractivity contribution is 0.224. The number of amides is 2. The third kappa shape index (κ3) is 6.73. The van der Waals surface area contributed by atoms with E-state index in [1.165, 1.54) is 5.56 Å². The van der Waals surface area contributed by atoms with Gasteiger partial charge in [0, 0.05) is 6.54 Å². The summed E-state index contributed by atoms with van der Waals surface area (Å²) in [5.41, 5.74) is 2.34. The number of methoxy groups -OCH3 is 2. The molecule has 0 aliphatic carbocycles. The summed E-state index contributed by atoms with van der Waals surface area (Å²) >= 11 is 0. The standard InChI is InChI=1S/C21H28N2O4/c1-4-5-16-6-9-18(10-7-16)27-15-23-21(24)22-13-12-17-8-11-19(25-2)20(14-17)26-3/h6-11,14H,4-5,12-13,15H2,1-3H3,(H2,22,23,24). The van der Waals surface area contributed by atoms with Crippen molar-refractivity contribution in [2.45, 2.75) is 26.2 Å². The number of urea groups is 1. The number of ether oxygens (including phenoxy) is 3. The minimum atomic E-state index is -0.266. The first-order valence-electron chi connectivity index (χ1n) is 9.10. The molecule has 0 aliphatic rings. The van der Waals surface area contributed by atoms with Crippen LogP contribution in [0, 0.1) is 0 Å². The minimum absolute atomic E-state index is 0.120. The third-order valence-corrected chi connectivity index (χ3v) is 4.08. The van der Waals surface area contributed by atoms with Crippen LogP contribution in [0.5, 0.6) is 17.2 Å². The Hall–Kier alpha value is -2.89. The molecule has 2 N–H and O–H groups in total. The van der Waals surface area contributed by atoms with Crippen LogP contribution in [0.4, 0.5) is 4.79 Å². The van der Waals surface area contributed by atoms with Crippen LogP contribution < -0.4 is 24.8 Å². The van der Waals surface area contributed by atoms with Crippen LogP contribution in [0.25, 0.3) is 0 Å². The Morgan fingerprint density at radius 2 is 1.59 bits per heavy atom. The van der Waals surface area contributed by atoms with E-state index in [-0.39, 0.29) is 12.8 Å². The van der Waals surface area contributed by atoms with Crippen LogP contribution >= 0.6 is 0 Å². The van der Waals surface area contributed by atoms with Crippen molar-refractivity contribution < 1.29 is 19.0 Å². The highest BCUT2D eigenvalue weighted by atomic mass is 16.5. The quantitative estimate of drug-likeness (QED) is 0.626. The van der Waals surface area contributed by atoms with Crippen LogP contribution in [0.15, 0.2) is 42.5 Å². The Morgan fingerprint density at radius 1 is 0.889 bits per heavy atom. The molecular formula is C21H28N2O4. The zero-order chi connectivity index (χ0) is 19.5. The van der Waals surface area contributed by atoms with E-state index in [4.69, 9.17) is 14.2 Å². The van der Waals surface area contributed by atoms with Gasteiger partial charge in [-0.2, -0.15) is 0 Å². The third-order valence-electron chi connectivity index (χ3n) is 4.08. The molecule has 146 valence electrons. The van der Waals surface area contributed by atoms with Gasteiger partial charge in [0.1, 0.15) is 5.75 Å². The zero-order valence-corrected chi connectivity index (χ0v) is 16.2. The van der Waals surface area contributed by atoms with Crippen molar-refractivity contribution >= 4 is 6.03 Å². The van der Waals surface area contributed by atoms with Gasteiger partial charge in [-0.3, -0.25) is 0 Å². The molecule has 0 fully saturated rings. The fraction of sp³-hybridized carbons (Fsp3) is 0.381. The minimum Gasteiger partial charge on any atom is -0.493 e. The van der Waals surface area contributed by atoms with E-state index in [9.17, 15) is 4.79 Å². The largest absolute Gasteiger partial charge is 0.493 e. The summed E-state index contributed by atoms with van der Waals surface area (Å²) in [6.07, 6.45) is 2.86. The molecule has 2 aromatic rings. The van der Waals surface area contributed by atoms with Gasteiger partial charge in [-0.1, -0.05) is 31.5 Å². The maximum atomic E-state index is 11.8. The van der Waals surface area contributed by atoms with Crippen molar-refractivity contribution in [3.8, 4) is 17.2 Å². The lowest BCUT2D eigenvalue weighted by Crippen LogP contribution is -2.38. The molecule has 6 nitrogen and oxygen atoms in total. The van der Waals surface area contributed by atoms with Gasteiger partial charge >= 0.3 is 6.03 Å². The summed E-state index contributed by atoms with van der Waals surface area (Å²) in [6.45, 7) is 2.78. The van der Waals surface area contributed by atoms with Gasteiger partial charge in [-0.25, -0.2) is 4.79 Å². The second kappa shape index (κ2) is 11.0. The number of hydrogen-bond acceptors (Lipinski definition) is 4. The Bertz CT molecular complexity index is 717. The van der Waals surface area contributed by atoms with Crippen LogP contribution in [0.1, 0.15) is 24.5 Å². The van der Waals surface area contributed by atoms with E-state index < -0.39 is 0 Å². The molecule has 0 radical (unpaired) electrons. The first-order chi connectivity index (χ1) is 13.2. The number of carbonyl (C=O) groups excluding carboxylic acids is 1. The maximum Gasteiger partial charge on any atom is 0.317 e. The summed E-state index contributed by atoms with van der Waals surface area (Å²) in [6, 6.07) is 13.4. The number of benzene rings is 2. The first kappa shape index (κ1) is 20.4. The molecule has 0 aromatic heterocycles. The van der Waals surface area contributed by atoms with Crippen molar-refractivity contribution in [1.82, 2.24) is 10.6 Å². The molecule has 0 saturated heterocycles. The van der Waals surface area contributed by atoms with Gasteiger partial charge in [-0.15, -0.1) is 0 Å². The first-order valence-corrected chi connectivity index (χ1v) is 9.10. The SMILES string of the molecule is CCCc1ccc(OCNC(=O)NCCc2ccc(OC)c(OC)c2)cc1. The maximum absolute atomic E-state index is 11.8. The average molecular weight is 372 g/mol. The van der Waals surface area contributed by atoms with Crippen molar-refractivity contribution in [1.29, 1.82) is 0 Å². The summed E-state index contributed by atoms with van der Waals surface area (Å²) in [7, 11) is 3.20. The van der Waals surface area contributed by atoms with Crippen molar-refractivity contribution in [2.24, 2.45) is 0 Å². The number of hydrogen-bond donors (Lipinski definition) is 2. The predicted molar refractivity (Wildman–Crippen MR) is 106 cm³/mol. The molecular weight excluding hydrogens is 344 g/mol. The highest BCUT2D eigenvalue weighted by Gasteiger charge is 2.05. The summed E-state index contributed by atoms with van der Waals surface area (Å²) in [4.78, 5) is 11.8. The van der Waals surface area contributed by atoms with Crippen LogP contribution in [-0.4, -0.2) is 33.5 Å². The zero-order valence-electron chi connectivity index (χ0n) is 16.2. The lowest BCUT2D eigenvalue weighted by Gasteiger charge is -2.11. The Balaban J connectivity index is 1.67. The Labute approximate surface area is 160 Å². The molecule has 27 heavy (non-hydrogen) atoms. The van der Waals surface area contributed by atoms with Crippen molar-refractivity contribution in [2.75, 3.05) is 27.5 Å². The molecule has 2 rings (SSSR count). The van der Waals surface area contributed by atoms with Crippen LogP contribution in [0.3, 0.4) is 0 Å². The molecule has 0 saturated carbocycles. The molecule has 0 heterocycles. The summed E-state index contributed by atoms with van der Waals surface area (Å²) in [5, 5.41) is 5.49. The fourth-order valence-corrected chi connectivity index (χ4v) is 2.64. The van der Waals surface area contributed by atoms with Crippen LogP contribution in [-0.2, 0) is 12.8 Å². The molecule has 2 aromatic carbocycles. The average Bonchev–Trinajstić information content (AvgIpc) is 2.69. The van der Waals surface area contributed by atoms with E-state index in [1.807, 2.05) is 42.5 Å². The fourth-order valence-electron chi connectivity index (χ4n) is 2.64.